The smallest absolute Gasteiger partial charge is 0.352 e. The molecule has 5 nitrogen and oxygen atoms in total. The van der Waals surface area contributed by atoms with Gasteiger partial charge >= 0.3 is 5.97 Å². The molecule has 13 heavy (non-hydrogen) atoms. The Morgan fingerprint density at radius 1 is 1.46 bits per heavy atom. The minimum atomic E-state index is -1.03. The quantitative estimate of drug-likeness (QED) is 0.723. The van der Waals surface area contributed by atoms with Crippen molar-refractivity contribution in [1.29, 1.82) is 0 Å². The maximum absolute atomic E-state index is 10.5. The molecular weight excluding hydrogens is 194 g/mol. The number of aromatic amines is 1. The molecule has 0 atom stereocenters. The number of H-pyrrole nitrogens is 1. The zero-order valence-electron chi connectivity index (χ0n) is 6.28. The van der Waals surface area contributed by atoms with E-state index in [4.69, 9.17) is 16.7 Å². The molecule has 0 saturated heterocycles. The van der Waals surface area contributed by atoms with Gasteiger partial charge in [0.15, 0.2) is 10.8 Å². The summed E-state index contributed by atoms with van der Waals surface area (Å²) in [6.45, 7) is 0. The van der Waals surface area contributed by atoms with E-state index in [1.807, 2.05) is 0 Å². The first kappa shape index (κ1) is 8.00. The van der Waals surface area contributed by atoms with Gasteiger partial charge in [0.25, 0.3) is 0 Å². The van der Waals surface area contributed by atoms with Crippen LogP contribution in [0.5, 0.6) is 0 Å². The van der Waals surface area contributed by atoms with E-state index in [0.717, 1.165) is 0 Å². The number of nitrogens with one attached hydrogen (secondary N) is 1. The van der Waals surface area contributed by atoms with Gasteiger partial charge in [-0.05, 0) is 12.1 Å². The molecule has 66 valence electrons. The third-order valence-corrected chi connectivity index (χ3v) is 1.76. The number of halogens is 1. The fourth-order valence-electron chi connectivity index (χ4n) is 1.02. The van der Waals surface area contributed by atoms with Gasteiger partial charge in [-0.25, -0.2) is 4.79 Å². The van der Waals surface area contributed by atoms with Crippen LogP contribution in [0.2, 0.25) is 5.15 Å². The van der Waals surface area contributed by atoms with Crippen LogP contribution in [0.25, 0.3) is 11.0 Å². The van der Waals surface area contributed by atoms with E-state index < -0.39 is 5.97 Å². The van der Waals surface area contributed by atoms with Gasteiger partial charge in [0.1, 0.15) is 5.69 Å². The van der Waals surface area contributed by atoms with Crippen LogP contribution < -0.4 is 0 Å². The highest BCUT2D eigenvalue weighted by Gasteiger charge is 2.08. The zero-order chi connectivity index (χ0) is 9.42. The summed E-state index contributed by atoms with van der Waals surface area (Å²) < 4.78 is 0. The van der Waals surface area contributed by atoms with Crippen LogP contribution in [0.4, 0.5) is 0 Å². The second kappa shape index (κ2) is 2.70. The van der Waals surface area contributed by atoms with Gasteiger partial charge in [-0.15, -0.1) is 10.2 Å². The molecule has 2 aromatic rings. The average molecular weight is 198 g/mol. The van der Waals surface area contributed by atoms with E-state index in [2.05, 4.69) is 15.2 Å². The number of carboxylic acids is 1. The summed E-state index contributed by atoms with van der Waals surface area (Å²) in [5.41, 5.74) is 0.494. The van der Waals surface area contributed by atoms with Crippen LogP contribution >= 0.6 is 11.6 Å². The zero-order valence-corrected chi connectivity index (χ0v) is 7.04. The van der Waals surface area contributed by atoms with Crippen molar-refractivity contribution in [3.8, 4) is 0 Å². The highest BCUT2D eigenvalue weighted by molar-refractivity contribution is 6.29. The summed E-state index contributed by atoms with van der Waals surface area (Å²) >= 11 is 5.57. The summed E-state index contributed by atoms with van der Waals surface area (Å²) in [6, 6.07) is 3.01. The van der Waals surface area contributed by atoms with Crippen LogP contribution in [-0.4, -0.2) is 26.3 Å². The molecule has 6 heteroatoms. The van der Waals surface area contributed by atoms with E-state index >= 15 is 0 Å². The molecule has 0 fully saturated rings. The number of hydrogen-bond acceptors (Lipinski definition) is 3. The SMILES string of the molecule is O=C(O)c1cc2cc(Cl)nnc2[nH]1. The summed E-state index contributed by atoms with van der Waals surface area (Å²) in [4.78, 5) is 13.1. The van der Waals surface area contributed by atoms with E-state index in [9.17, 15) is 4.79 Å². The maximum atomic E-state index is 10.5. The molecule has 0 saturated carbocycles. The Morgan fingerprint density at radius 3 is 2.92 bits per heavy atom. The van der Waals surface area contributed by atoms with Gasteiger partial charge in [0.05, 0.1) is 0 Å². The highest BCUT2D eigenvalue weighted by atomic mass is 35.5. The van der Waals surface area contributed by atoms with Crippen LogP contribution in [0, 0.1) is 0 Å². The number of carbonyl (C=O) groups is 1. The fourth-order valence-corrected chi connectivity index (χ4v) is 1.18. The van der Waals surface area contributed by atoms with Crippen LogP contribution in [0.15, 0.2) is 12.1 Å². The normalized spacial score (nSPS) is 10.5. The number of nitrogens with zero attached hydrogens (tertiary/aromatic N) is 2. The molecule has 0 unspecified atom stereocenters. The predicted molar refractivity (Wildman–Crippen MR) is 45.9 cm³/mol. The minimum absolute atomic E-state index is 0.0755. The van der Waals surface area contributed by atoms with E-state index in [0.29, 0.717) is 11.0 Å². The van der Waals surface area contributed by atoms with E-state index in [-0.39, 0.29) is 10.8 Å². The Hall–Kier alpha value is -1.62. The largest absolute Gasteiger partial charge is 0.477 e. The molecule has 2 heterocycles. The van der Waals surface area contributed by atoms with Gasteiger partial charge in [-0.2, -0.15) is 0 Å². The summed E-state index contributed by atoms with van der Waals surface area (Å²) in [6.07, 6.45) is 0. The molecule has 0 amide bonds. The lowest BCUT2D eigenvalue weighted by atomic mass is 10.3. The summed E-state index contributed by atoms with van der Waals surface area (Å²) in [5, 5.41) is 16.8. The molecule has 2 rings (SSSR count). The Labute approximate surface area is 77.4 Å². The third kappa shape index (κ3) is 1.33. The van der Waals surface area contributed by atoms with Gasteiger partial charge in [-0.3, -0.25) is 0 Å². The molecule has 0 radical (unpaired) electrons. The molecule has 2 aromatic heterocycles. The third-order valence-electron chi connectivity index (χ3n) is 1.58. The Bertz CT molecular complexity index is 480. The van der Waals surface area contributed by atoms with Crippen molar-refractivity contribution < 1.29 is 9.90 Å². The lowest BCUT2D eigenvalue weighted by Gasteiger charge is -1.86. The second-order valence-corrected chi connectivity index (χ2v) is 2.85. The first-order valence-electron chi connectivity index (χ1n) is 3.42. The minimum Gasteiger partial charge on any atom is -0.477 e. The average Bonchev–Trinajstić information content (AvgIpc) is 2.46. The number of carboxylic acid groups (broad SMARTS) is 1. The maximum Gasteiger partial charge on any atom is 0.352 e. The molecule has 0 spiro atoms. The molecule has 0 bridgehead atoms. The van der Waals surface area contributed by atoms with Crippen molar-refractivity contribution in [3.63, 3.8) is 0 Å². The Morgan fingerprint density at radius 2 is 2.23 bits per heavy atom. The monoisotopic (exact) mass is 197 g/mol. The van der Waals surface area contributed by atoms with Crippen LogP contribution in [0.1, 0.15) is 10.5 Å². The number of aromatic nitrogens is 3. The lowest BCUT2D eigenvalue weighted by molar-refractivity contribution is 0.0691. The van der Waals surface area contributed by atoms with E-state index in [1.54, 1.807) is 6.07 Å². The number of fused-ring (bicyclic) bond motifs is 1. The van der Waals surface area contributed by atoms with E-state index in [1.165, 1.54) is 6.07 Å². The van der Waals surface area contributed by atoms with Gasteiger partial charge < -0.3 is 10.1 Å². The second-order valence-electron chi connectivity index (χ2n) is 2.46. The van der Waals surface area contributed by atoms with Crippen molar-refractivity contribution in [3.05, 3.63) is 23.0 Å². The van der Waals surface area contributed by atoms with Crippen molar-refractivity contribution in [1.82, 2.24) is 15.2 Å². The highest BCUT2D eigenvalue weighted by Crippen LogP contribution is 2.15. The summed E-state index contributed by atoms with van der Waals surface area (Å²) in [5.74, 6) is -1.03. The fraction of sp³-hybridized carbons (Fsp3) is 0. The predicted octanol–water partition coefficient (Wildman–Crippen LogP) is 1.31. The van der Waals surface area contributed by atoms with Crippen molar-refractivity contribution in [2.75, 3.05) is 0 Å². The molecule has 0 aromatic carbocycles. The molecule has 0 aliphatic heterocycles. The topological polar surface area (TPSA) is 78.9 Å². The summed E-state index contributed by atoms with van der Waals surface area (Å²) in [7, 11) is 0. The first-order chi connectivity index (χ1) is 6.16. The van der Waals surface area contributed by atoms with Crippen LogP contribution in [0.3, 0.4) is 0 Å². The van der Waals surface area contributed by atoms with Crippen LogP contribution in [-0.2, 0) is 0 Å². The number of hydrogen-bond donors (Lipinski definition) is 2. The van der Waals surface area contributed by atoms with Crippen molar-refractivity contribution in [2.45, 2.75) is 0 Å². The van der Waals surface area contributed by atoms with Gasteiger partial charge in [0.2, 0.25) is 0 Å². The Kier molecular flexibility index (Phi) is 1.66. The number of aromatic carboxylic acids is 1. The van der Waals surface area contributed by atoms with Gasteiger partial charge in [0, 0.05) is 5.39 Å². The Balaban J connectivity index is 2.68. The number of rotatable bonds is 1. The van der Waals surface area contributed by atoms with Gasteiger partial charge in [-0.1, -0.05) is 11.6 Å². The molecular formula is C7H4ClN3O2. The standard InChI is InChI=1S/C7H4ClN3O2/c8-5-2-3-1-4(7(12)13)9-6(3)11-10-5/h1-2H,(H,9,11)(H,12,13). The molecule has 0 aliphatic carbocycles. The van der Waals surface area contributed by atoms with Crippen molar-refractivity contribution in [2.24, 2.45) is 0 Å². The molecule has 2 N–H and O–H groups in total. The lowest BCUT2D eigenvalue weighted by Crippen LogP contribution is -1.95. The van der Waals surface area contributed by atoms with Crippen molar-refractivity contribution >= 4 is 28.6 Å². The first-order valence-corrected chi connectivity index (χ1v) is 3.80. The molecule has 0 aliphatic rings.